The number of nitrogens with zero attached hydrogens (tertiary/aromatic N) is 2. The first kappa shape index (κ1) is 20.2. The van der Waals surface area contributed by atoms with Crippen molar-refractivity contribution in [2.75, 3.05) is 38.3 Å². The van der Waals surface area contributed by atoms with Crippen molar-refractivity contribution in [1.82, 2.24) is 4.90 Å². The Balaban J connectivity index is 1.74. The zero-order valence-electron chi connectivity index (χ0n) is 17.2. The highest BCUT2D eigenvalue weighted by molar-refractivity contribution is 6.06. The van der Waals surface area contributed by atoms with Gasteiger partial charge in [-0.3, -0.25) is 4.79 Å². The van der Waals surface area contributed by atoms with Crippen LogP contribution >= 0.6 is 0 Å². The number of carbonyl (C=O) groups is 2. The number of likely N-dealkylation sites (tertiary alicyclic amines) is 1. The van der Waals surface area contributed by atoms with Gasteiger partial charge in [-0.05, 0) is 63.8 Å². The van der Waals surface area contributed by atoms with Gasteiger partial charge in [0.25, 0.3) is 5.91 Å². The molecule has 152 valence electrons. The monoisotopic (exact) mass is 386 g/mol. The van der Waals surface area contributed by atoms with E-state index in [1.165, 1.54) is 5.57 Å². The fourth-order valence-corrected chi connectivity index (χ4v) is 4.25. The standard InChI is InChI=1S/C22H30N2O4/c1-5-28-22(26)23-12-10-17(11-13-23)20-14-24(21(25)16(3)15(20)2)18-6-8-19(27-4)9-7-18/h6-9,17,20H,5,10-14H2,1-4H3. The van der Waals surface area contributed by atoms with Crippen LogP contribution in [0.1, 0.15) is 33.6 Å². The number of rotatable bonds is 4. The van der Waals surface area contributed by atoms with Gasteiger partial charge in [-0.25, -0.2) is 4.79 Å². The van der Waals surface area contributed by atoms with Crippen LogP contribution in [-0.4, -0.2) is 50.3 Å². The number of hydrogen-bond donors (Lipinski definition) is 0. The minimum absolute atomic E-state index is 0.0721. The number of hydrogen-bond acceptors (Lipinski definition) is 4. The van der Waals surface area contributed by atoms with Crippen molar-refractivity contribution < 1.29 is 19.1 Å². The zero-order valence-corrected chi connectivity index (χ0v) is 17.2. The van der Waals surface area contributed by atoms with Gasteiger partial charge in [-0.15, -0.1) is 0 Å². The molecule has 1 atom stereocenters. The molecule has 2 aliphatic rings. The average molecular weight is 386 g/mol. The van der Waals surface area contributed by atoms with Crippen LogP contribution in [0.5, 0.6) is 5.75 Å². The van der Waals surface area contributed by atoms with Crippen molar-refractivity contribution in [3.05, 3.63) is 35.4 Å². The van der Waals surface area contributed by atoms with E-state index in [1.807, 2.05) is 43.0 Å². The van der Waals surface area contributed by atoms with E-state index in [0.717, 1.165) is 29.9 Å². The molecular formula is C22H30N2O4. The van der Waals surface area contributed by atoms with Crippen molar-refractivity contribution in [3.8, 4) is 5.75 Å². The van der Waals surface area contributed by atoms with Crippen LogP contribution in [0.25, 0.3) is 0 Å². The third-order valence-electron chi connectivity index (χ3n) is 6.11. The Kier molecular flexibility index (Phi) is 6.27. The van der Waals surface area contributed by atoms with Crippen LogP contribution < -0.4 is 9.64 Å². The van der Waals surface area contributed by atoms with Crippen LogP contribution in [0.3, 0.4) is 0 Å². The van der Waals surface area contributed by atoms with Crippen LogP contribution in [-0.2, 0) is 9.53 Å². The lowest BCUT2D eigenvalue weighted by Crippen LogP contribution is -2.46. The lowest BCUT2D eigenvalue weighted by molar-refractivity contribution is -0.115. The highest BCUT2D eigenvalue weighted by atomic mass is 16.6. The molecule has 3 rings (SSSR count). The lowest BCUT2D eigenvalue weighted by atomic mass is 9.76. The van der Waals surface area contributed by atoms with Crippen LogP contribution in [0.15, 0.2) is 35.4 Å². The minimum atomic E-state index is -0.219. The highest BCUT2D eigenvalue weighted by Crippen LogP contribution is 2.37. The summed E-state index contributed by atoms with van der Waals surface area (Å²) in [4.78, 5) is 28.5. The first-order valence-electron chi connectivity index (χ1n) is 10.0. The predicted octanol–water partition coefficient (Wildman–Crippen LogP) is 3.86. The molecule has 2 amide bonds. The Hall–Kier alpha value is -2.50. The minimum Gasteiger partial charge on any atom is -0.497 e. The summed E-state index contributed by atoms with van der Waals surface area (Å²) in [5, 5.41) is 0. The van der Waals surface area contributed by atoms with Crippen molar-refractivity contribution in [3.63, 3.8) is 0 Å². The number of methoxy groups -OCH3 is 1. The summed E-state index contributed by atoms with van der Waals surface area (Å²) in [6.45, 7) is 8.34. The van der Waals surface area contributed by atoms with Gasteiger partial charge in [-0.1, -0.05) is 5.57 Å². The summed E-state index contributed by atoms with van der Waals surface area (Å²) < 4.78 is 10.4. The van der Waals surface area contributed by atoms with Gasteiger partial charge < -0.3 is 19.3 Å². The summed E-state index contributed by atoms with van der Waals surface area (Å²) in [6.07, 6.45) is 1.64. The fourth-order valence-electron chi connectivity index (χ4n) is 4.25. The topological polar surface area (TPSA) is 59.1 Å². The number of benzene rings is 1. The van der Waals surface area contributed by atoms with E-state index in [1.54, 1.807) is 12.0 Å². The van der Waals surface area contributed by atoms with Crippen LogP contribution in [0.2, 0.25) is 0 Å². The first-order chi connectivity index (χ1) is 13.5. The molecule has 28 heavy (non-hydrogen) atoms. The SMILES string of the molecule is CCOC(=O)N1CCC(C2CN(c3ccc(OC)cc3)C(=O)C(C)=C2C)CC1. The Morgan fingerprint density at radius 3 is 2.36 bits per heavy atom. The van der Waals surface area contributed by atoms with E-state index in [4.69, 9.17) is 9.47 Å². The van der Waals surface area contributed by atoms with Crippen molar-refractivity contribution >= 4 is 17.7 Å². The Labute approximate surface area is 167 Å². The van der Waals surface area contributed by atoms with Crippen molar-refractivity contribution in [2.24, 2.45) is 11.8 Å². The number of carbonyl (C=O) groups excluding carboxylic acids is 2. The van der Waals surface area contributed by atoms with Gasteiger partial charge in [-0.2, -0.15) is 0 Å². The molecule has 1 aromatic rings. The maximum Gasteiger partial charge on any atom is 0.409 e. The van der Waals surface area contributed by atoms with Gasteiger partial charge in [0.2, 0.25) is 0 Å². The number of piperidine rings is 1. The molecule has 0 aromatic heterocycles. The molecule has 6 heteroatoms. The van der Waals surface area contributed by atoms with E-state index in [9.17, 15) is 9.59 Å². The van der Waals surface area contributed by atoms with E-state index in [-0.39, 0.29) is 12.0 Å². The Morgan fingerprint density at radius 2 is 1.79 bits per heavy atom. The van der Waals surface area contributed by atoms with Gasteiger partial charge >= 0.3 is 6.09 Å². The molecule has 0 bridgehead atoms. The Bertz CT molecular complexity index is 748. The lowest BCUT2D eigenvalue weighted by Gasteiger charge is -2.41. The molecule has 2 aliphatic heterocycles. The predicted molar refractivity (Wildman–Crippen MR) is 109 cm³/mol. The molecule has 6 nitrogen and oxygen atoms in total. The number of ether oxygens (including phenoxy) is 2. The molecule has 0 N–H and O–H groups in total. The van der Waals surface area contributed by atoms with E-state index < -0.39 is 0 Å². The van der Waals surface area contributed by atoms with E-state index in [2.05, 4.69) is 6.92 Å². The normalized spacial score (nSPS) is 21.1. The second-order valence-electron chi connectivity index (χ2n) is 7.55. The van der Waals surface area contributed by atoms with Gasteiger partial charge in [0.05, 0.1) is 13.7 Å². The quantitative estimate of drug-likeness (QED) is 0.788. The maximum absolute atomic E-state index is 12.9. The maximum atomic E-state index is 12.9. The zero-order chi connectivity index (χ0) is 20.3. The van der Waals surface area contributed by atoms with Crippen molar-refractivity contribution in [2.45, 2.75) is 33.6 Å². The molecule has 1 aromatic carbocycles. The number of anilines is 1. The number of amides is 2. The second-order valence-corrected chi connectivity index (χ2v) is 7.55. The molecular weight excluding hydrogens is 356 g/mol. The molecule has 2 heterocycles. The van der Waals surface area contributed by atoms with E-state index in [0.29, 0.717) is 38.1 Å². The van der Waals surface area contributed by atoms with Gasteiger partial charge in [0.1, 0.15) is 5.75 Å². The highest BCUT2D eigenvalue weighted by Gasteiger charge is 2.36. The molecule has 0 saturated carbocycles. The summed E-state index contributed by atoms with van der Waals surface area (Å²) >= 11 is 0. The summed E-state index contributed by atoms with van der Waals surface area (Å²) in [6, 6.07) is 7.64. The van der Waals surface area contributed by atoms with E-state index >= 15 is 0 Å². The third-order valence-corrected chi connectivity index (χ3v) is 6.11. The molecule has 1 fully saturated rings. The van der Waals surface area contributed by atoms with Crippen LogP contribution in [0.4, 0.5) is 10.5 Å². The molecule has 1 saturated heterocycles. The van der Waals surface area contributed by atoms with Gasteiger partial charge in [0, 0.05) is 36.8 Å². The molecule has 0 spiro atoms. The molecule has 1 unspecified atom stereocenters. The fraction of sp³-hybridized carbons (Fsp3) is 0.545. The van der Waals surface area contributed by atoms with Crippen molar-refractivity contribution in [1.29, 1.82) is 0 Å². The van der Waals surface area contributed by atoms with Crippen LogP contribution in [0, 0.1) is 11.8 Å². The summed E-state index contributed by atoms with van der Waals surface area (Å²) in [7, 11) is 1.63. The second kappa shape index (κ2) is 8.67. The summed E-state index contributed by atoms with van der Waals surface area (Å²) in [5.41, 5.74) is 2.91. The Morgan fingerprint density at radius 1 is 1.14 bits per heavy atom. The third kappa shape index (κ3) is 4.01. The van der Waals surface area contributed by atoms with Gasteiger partial charge in [0.15, 0.2) is 0 Å². The molecule has 0 radical (unpaired) electrons. The summed E-state index contributed by atoms with van der Waals surface area (Å²) in [5.74, 6) is 1.61. The average Bonchev–Trinajstić information content (AvgIpc) is 2.73. The molecule has 0 aliphatic carbocycles. The smallest absolute Gasteiger partial charge is 0.409 e. The first-order valence-corrected chi connectivity index (χ1v) is 10.0. The largest absolute Gasteiger partial charge is 0.497 e.